The molecular formula is C15H21BN2O2. The highest BCUT2D eigenvalue weighted by atomic mass is 16.7. The lowest BCUT2D eigenvalue weighted by Crippen LogP contribution is -2.41. The highest BCUT2D eigenvalue weighted by Gasteiger charge is 2.49. The van der Waals surface area contributed by atoms with Gasteiger partial charge in [-0.3, -0.25) is 4.98 Å². The molecule has 0 amide bonds. The van der Waals surface area contributed by atoms with Crippen molar-refractivity contribution >= 4 is 13.2 Å². The summed E-state index contributed by atoms with van der Waals surface area (Å²) in [5.74, 6) is 1.96. The molecule has 0 aliphatic carbocycles. The van der Waals surface area contributed by atoms with Gasteiger partial charge in [0.2, 0.25) is 0 Å². The highest BCUT2D eigenvalue weighted by Crippen LogP contribution is 2.37. The second kappa shape index (κ2) is 4.69. The summed E-state index contributed by atoms with van der Waals surface area (Å²) in [6.07, 6.45) is 5.78. The van der Waals surface area contributed by atoms with Crippen LogP contribution in [0.4, 0.5) is 0 Å². The Morgan fingerprint density at radius 3 is 2.50 bits per heavy atom. The first-order valence-corrected chi connectivity index (χ1v) is 7.10. The van der Waals surface area contributed by atoms with E-state index in [2.05, 4.69) is 44.1 Å². The zero-order valence-electron chi connectivity index (χ0n) is 12.5. The van der Waals surface area contributed by atoms with Crippen LogP contribution in [0.2, 0.25) is 0 Å². The van der Waals surface area contributed by atoms with E-state index in [-0.39, 0.29) is 18.3 Å². The Hall–Kier alpha value is -1.17. The first-order chi connectivity index (χ1) is 9.37. The van der Waals surface area contributed by atoms with Crippen molar-refractivity contribution in [2.75, 3.05) is 6.54 Å². The van der Waals surface area contributed by atoms with E-state index >= 15 is 0 Å². The predicted molar refractivity (Wildman–Crippen MR) is 80.1 cm³/mol. The van der Waals surface area contributed by atoms with Crippen LogP contribution in [0, 0.1) is 0 Å². The van der Waals surface area contributed by atoms with Gasteiger partial charge < -0.3 is 14.6 Å². The third kappa shape index (κ3) is 2.66. The van der Waals surface area contributed by atoms with E-state index in [4.69, 9.17) is 9.31 Å². The number of hydrogen-bond donors (Lipinski definition) is 1. The van der Waals surface area contributed by atoms with Gasteiger partial charge in [-0.2, -0.15) is 0 Å². The highest BCUT2D eigenvalue weighted by molar-refractivity contribution is 6.52. The topological polar surface area (TPSA) is 53.3 Å². The Labute approximate surface area is 120 Å². The van der Waals surface area contributed by atoms with Crippen LogP contribution in [0.3, 0.4) is 0 Å². The monoisotopic (exact) mass is 272 g/mol. The number of aromatic nitrogens is 1. The van der Waals surface area contributed by atoms with Crippen molar-refractivity contribution in [3.63, 3.8) is 0 Å². The summed E-state index contributed by atoms with van der Waals surface area (Å²) in [6, 6.07) is 2.63. The average molecular weight is 272 g/mol. The molecule has 20 heavy (non-hydrogen) atoms. The quantitative estimate of drug-likeness (QED) is 0.678. The van der Waals surface area contributed by atoms with Gasteiger partial charge in [0.15, 0.2) is 0 Å². The lowest BCUT2D eigenvalue weighted by Gasteiger charge is -2.32. The molecule has 3 rings (SSSR count). The van der Waals surface area contributed by atoms with Crippen molar-refractivity contribution in [1.82, 2.24) is 10.3 Å². The average Bonchev–Trinajstić information content (AvgIpc) is 3.16. The summed E-state index contributed by atoms with van der Waals surface area (Å²) in [5, 5.41) is 3.28. The number of pyridine rings is 1. The van der Waals surface area contributed by atoms with Gasteiger partial charge in [-0.05, 0) is 44.9 Å². The number of nitrogens with one attached hydrogen (secondary N) is 1. The van der Waals surface area contributed by atoms with Crippen LogP contribution in [0.25, 0.3) is 6.08 Å². The first kappa shape index (κ1) is 13.8. The Bertz CT molecular complexity index is 522. The normalized spacial score (nSPS) is 27.2. The minimum absolute atomic E-state index is 0.292. The molecule has 0 saturated carbocycles. The van der Waals surface area contributed by atoms with Gasteiger partial charge in [0, 0.05) is 25.0 Å². The van der Waals surface area contributed by atoms with Gasteiger partial charge in [-0.1, -0.05) is 12.1 Å². The van der Waals surface area contributed by atoms with Crippen LogP contribution in [-0.4, -0.2) is 29.8 Å². The van der Waals surface area contributed by atoms with Crippen molar-refractivity contribution in [1.29, 1.82) is 0 Å². The molecular weight excluding hydrogens is 251 g/mol. The molecule has 3 heterocycles. The van der Waals surface area contributed by atoms with Gasteiger partial charge in [-0.15, -0.1) is 0 Å². The summed E-state index contributed by atoms with van der Waals surface area (Å²) >= 11 is 0. The molecule has 1 aromatic rings. The van der Waals surface area contributed by atoms with Crippen molar-refractivity contribution in [3.05, 3.63) is 35.6 Å². The van der Waals surface area contributed by atoms with Crippen LogP contribution >= 0.6 is 0 Å². The maximum absolute atomic E-state index is 5.93. The number of rotatable bonds is 3. The van der Waals surface area contributed by atoms with E-state index in [0.29, 0.717) is 6.04 Å². The fourth-order valence-corrected chi connectivity index (χ4v) is 2.21. The summed E-state index contributed by atoms with van der Waals surface area (Å²) in [6.45, 7) is 9.28. The molecule has 0 bridgehead atoms. The maximum Gasteiger partial charge on any atom is 0.487 e. The largest absolute Gasteiger partial charge is 0.487 e. The summed E-state index contributed by atoms with van der Waals surface area (Å²) in [4.78, 5) is 4.28. The molecule has 106 valence electrons. The minimum Gasteiger partial charge on any atom is -0.400 e. The zero-order valence-corrected chi connectivity index (χ0v) is 12.5. The second-order valence-electron chi connectivity index (χ2n) is 6.50. The molecule has 2 fully saturated rings. The third-order valence-corrected chi connectivity index (χ3v) is 4.31. The van der Waals surface area contributed by atoms with E-state index in [0.717, 1.165) is 12.1 Å². The molecule has 2 saturated heterocycles. The molecule has 1 N–H and O–H groups in total. The molecule has 2 aliphatic heterocycles. The number of nitrogens with zero attached hydrogens (tertiary/aromatic N) is 1. The Morgan fingerprint density at radius 1 is 1.25 bits per heavy atom. The van der Waals surface area contributed by atoms with Crippen molar-refractivity contribution in [3.8, 4) is 0 Å². The van der Waals surface area contributed by atoms with Crippen molar-refractivity contribution < 1.29 is 9.31 Å². The van der Waals surface area contributed by atoms with Gasteiger partial charge in [-0.25, -0.2) is 0 Å². The molecule has 1 atom stereocenters. The lowest BCUT2D eigenvalue weighted by atomic mass is 9.89. The lowest BCUT2D eigenvalue weighted by molar-refractivity contribution is 0.00578. The van der Waals surface area contributed by atoms with E-state index in [1.165, 1.54) is 5.56 Å². The van der Waals surface area contributed by atoms with E-state index in [9.17, 15) is 0 Å². The molecule has 1 aromatic heterocycles. The molecule has 0 unspecified atom stereocenters. The zero-order chi connectivity index (χ0) is 14.4. The Balaban J connectivity index is 1.70. The summed E-state index contributed by atoms with van der Waals surface area (Å²) in [7, 11) is -0.303. The van der Waals surface area contributed by atoms with Crippen LogP contribution < -0.4 is 5.32 Å². The fourth-order valence-electron chi connectivity index (χ4n) is 2.21. The molecule has 0 aromatic carbocycles. The molecule has 4 nitrogen and oxygen atoms in total. The van der Waals surface area contributed by atoms with Crippen LogP contribution in [0.5, 0.6) is 0 Å². The van der Waals surface area contributed by atoms with E-state index in [1.807, 2.05) is 24.4 Å². The standard InChI is InChI=1S/C15H21BN2O2/c1-14(2)15(3,4)20-16(19-14)6-5-11-7-12(9-17-8-11)13-10-18-13/h5-9,13,18H,10H2,1-4H3/b6-5+/t13-/m0/s1. The van der Waals surface area contributed by atoms with Crippen molar-refractivity contribution in [2.45, 2.75) is 44.9 Å². The van der Waals surface area contributed by atoms with E-state index < -0.39 is 0 Å². The van der Waals surface area contributed by atoms with E-state index in [1.54, 1.807) is 0 Å². The molecule has 2 aliphatic rings. The Kier molecular flexibility index (Phi) is 3.24. The van der Waals surface area contributed by atoms with Crippen LogP contribution in [0.15, 0.2) is 24.4 Å². The van der Waals surface area contributed by atoms with Crippen LogP contribution in [-0.2, 0) is 9.31 Å². The third-order valence-electron chi connectivity index (χ3n) is 4.31. The SMILES string of the molecule is CC1(C)OB(/C=C/c2cncc([C@@H]3CN3)c2)OC1(C)C. The van der Waals surface area contributed by atoms with Gasteiger partial charge in [0.1, 0.15) is 0 Å². The maximum atomic E-state index is 5.93. The molecule has 0 spiro atoms. The predicted octanol–water partition coefficient (Wildman–Crippen LogP) is 2.37. The van der Waals surface area contributed by atoms with Crippen LogP contribution in [0.1, 0.15) is 44.9 Å². The second-order valence-corrected chi connectivity index (χ2v) is 6.50. The summed E-state index contributed by atoms with van der Waals surface area (Å²) < 4.78 is 11.9. The summed E-state index contributed by atoms with van der Waals surface area (Å²) in [5.41, 5.74) is 1.73. The minimum atomic E-state index is -0.303. The number of hydrogen-bond acceptors (Lipinski definition) is 4. The smallest absolute Gasteiger partial charge is 0.400 e. The first-order valence-electron chi connectivity index (χ1n) is 7.10. The van der Waals surface area contributed by atoms with Gasteiger partial charge in [0.25, 0.3) is 0 Å². The van der Waals surface area contributed by atoms with Crippen molar-refractivity contribution in [2.24, 2.45) is 0 Å². The molecule has 5 heteroatoms. The Morgan fingerprint density at radius 2 is 1.90 bits per heavy atom. The fraction of sp³-hybridized carbons (Fsp3) is 0.533. The molecule has 0 radical (unpaired) electrons. The van der Waals surface area contributed by atoms with Gasteiger partial charge in [0.05, 0.1) is 11.2 Å². The van der Waals surface area contributed by atoms with Gasteiger partial charge >= 0.3 is 7.12 Å².